The maximum absolute atomic E-state index is 6.18. The zero-order chi connectivity index (χ0) is 10.7. The van der Waals surface area contributed by atoms with E-state index in [1.165, 1.54) is 23.3 Å². The molecule has 0 aliphatic heterocycles. The average Bonchev–Trinajstić information content (AvgIpc) is 2.61. The highest BCUT2D eigenvalue weighted by Crippen LogP contribution is 2.33. The van der Waals surface area contributed by atoms with E-state index in [1.54, 1.807) is 18.4 Å². The molecule has 0 saturated heterocycles. The van der Waals surface area contributed by atoms with Gasteiger partial charge in [-0.1, -0.05) is 23.8 Å². The van der Waals surface area contributed by atoms with Gasteiger partial charge in [0.1, 0.15) is 0 Å². The van der Waals surface area contributed by atoms with Gasteiger partial charge in [-0.25, -0.2) is 4.98 Å². The van der Waals surface area contributed by atoms with Crippen molar-refractivity contribution in [1.29, 1.82) is 0 Å². The lowest BCUT2D eigenvalue weighted by molar-refractivity contribution is 0.412. The highest BCUT2D eigenvalue weighted by Gasteiger charge is 2.13. The van der Waals surface area contributed by atoms with E-state index >= 15 is 0 Å². The summed E-state index contributed by atoms with van der Waals surface area (Å²) in [6.45, 7) is 0. The third-order valence-corrected chi connectivity index (χ3v) is 3.91. The van der Waals surface area contributed by atoms with Crippen LogP contribution in [0.15, 0.2) is 12.3 Å². The highest BCUT2D eigenvalue weighted by atomic mass is 35.5. The number of rotatable bonds is 2. The monoisotopic (exact) mass is 243 g/mol. The molecule has 1 heterocycles. The smallest absolute Gasteiger partial charge is 0.273 e. The third-order valence-electron chi connectivity index (χ3n) is 2.53. The Labute approximate surface area is 98.9 Å². The van der Waals surface area contributed by atoms with Crippen LogP contribution in [0.3, 0.4) is 0 Å². The summed E-state index contributed by atoms with van der Waals surface area (Å²) in [5.74, 6) is 0. The Morgan fingerprint density at radius 1 is 1.53 bits per heavy atom. The Morgan fingerprint density at radius 2 is 2.40 bits per heavy atom. The Kier molecular flexibility index (Phi) is 3.65. The number of allylic oxidation sites excluding steroid dienone is 2. The fourth-order valence-electron chi connectivity index (χ4n) is 1.75. The summed E-state index contributed by atoms with van der Waals surface area (Å²) in [6.07, 6.45) is 8.67. The van der Waals surface area contributed by atoms with Crippen molar-refractivity contribution in [3.05, 3.63) is 17.2 Å². The molecule has 2 rings (SSSR count). The van der Waals surface area contributed by atoms with Crippen LogP contribution < -0.4 is 4.74 Å². The Balaban J connectivity index is 2.20. The SMILES string of the molecule is COc1ncc(C2=CC(Cl)CCCC2)s1. The van der Waals surface area contributed by atoms with Crippen LogP contribution in [0.4, 0.5) is 0 Å². The van der Waals surface area contributed by atoms with Gasteiger partial charge in [0.25, 0.3) is 5.19 Å². The molecule has 0 radical (unpaired) electrons. The van der Waals surface area contributed by atoms with E-state index in [9.17, 15) is 0 Å². The highest BCUT2D eigenvalue weighted by molar-refractivity contribution is 7.14. The molecule has 0 bridgehead atoms. The van der Waals surface area contributed by atoms with Gasteiger partial charge in [0.2, 0.25) is 0 Å². The first kappa shape index (κ1) is 11.0. The zero-order valence-electron chi connectivity index (χ0n) is 8.70. The molecule has 82 valence electrons. The molecule has 0 fully saturated rings. The van der Waals surface area contributed by atoms with Crippen LogP contribution in [0.5, 0.6) is 5.19 Å². The molecule has 1 unspecified atom stereocenters. The molecular formula is C11H14ClNOS. The Bertz CT molecular complexity index is 361. The van der Waals surface area contributed by atoms with E-state index in [4.69, 9.17) is 16.3 Å². The number of ether oxygens (including phenoxy) is 1. The molecule has 0 saturated carbocycles. The number of hydrogen-bond donors (Lipinski definition) is 0. The molecular weight excluding hydrogens is 230 g/mol. The van der Waals surface area contributed by atoms with Gasteiger partial charge in [-0.2, -0.15) is 0 Å². The fourth-order valence-corrected chi connectivity index (χ4v) is 2.84. The quantitative estimate of drug-likeness (QED) is 0.739. The van der Waals surface area contributed by atoms with Crippen molar-refractivity contribution < 1.29 is 4.74 Å². The maximum atomic E-state index is 6.18. The van der Waals surface area contributed by atoms with Crippen LogP contribution in [0.1, 0.15) is 30.6 Å². The van der Waals surface area contributed by atoms with Crippen molar-refractivity contribution in [2.24, 2.45) is 0 Å². The number of thiazole rings is 1. The molecule has 4 heteroatoms. The molecule has 1 atom stereocenters. The first-order valence-corrected chi connectivity index (χ1v) is 6.40. The van der Waals surface area contributed by atoms with Gasteiger partial charge in [-0.15, -0.1) is 11.6 Å². The van der Waals surface area contributed by atoms with Gasteiger partial charge >= 0.3 is 0 Å². The number of alkyl halides is 1. The summed E-state index contributed by atoms with van der Waals surface area (Å²) in [5.41, 5.74) is 1.33. The van der Waals surface area contributed by atoms with Gasteiger partial charge in [0, 0.05) is 6.20 Å². The second-order valence-corrected chi connectivity index (χ2v) is 5.20. The first-order valence-electron chi connectivity index (χ1n) is 5.14. The largest absolute Gasteiger partial charge is 0.473 e. The van der Waals surface area contributed by atoms with Gasteiger partial charge < -0.3 is 4.74 Å². The number of methoxy groups -OCH3 is 1. The standard InChI is InChI=1S/C11H14ClNOS/c1-14-11-13-7-10(15-11)8-4-2-3-5-9(12)6-8/h6-7,9H,2-5H2,1H3. The van der Waals surface area contributed by atoms with E-state index in [1.807, 2.05) is 6.20 Å². The van der Waals surface area contributed by atoms with E-state index in [0.717, 1.165) is 18.0 Å². The Morgan fingerprint density at radius 3 is 3.13 bits per heavy atom. The summed E-state index contributed by atoms with van der Waals surface area (Å²) >= 11 is 7.77. The third kappa shape index (κ3) is 2.73. The van der Waals surface area contributed by atoms with Gasteiger partial charge in [-0.05, 0) is 24.8 Å². The summed E-state index contributed by atoms with van der Waals surface area (Å²) in [7, 11) is 1.65. The van der Waals surface area contributed by atoms with E-state index in [0.29, 0.717) is 0 Å². The topological polar surface area (TPSA) is 22.1 Å². The lowest BCUT2D eigenvalue weighted by atomic mass is 10.1. The Hall–Kier alpha value is -0.540. The second-order valence-electron chi connectivity index (χ2n) is 3.65. The summed E-state index contributed by atoms with van der Waals surface area (Å²) in [5, 5.41) is 0.900. The van der Waals surface area contributed by atoms with E-state index in [2.05, 4.69) is 11.1 Å². The van der Waals surface area contributed by atoms with E-state index < -0.39 is 0 Å². The van der Waals surface area contributed by atoms with Crippen molar-refractivity contribution in [1.82, 2.24) is 4.98 Å². The molecule has 0 aromatic carbocycles. The number of nitrogens with zero attached hydrogens (tertiary/aromatic N) is 1. The molecule has 1 aliphatic rings. The molecule has 0 amide bonds. The normalized spacial score (nSPS) is 22.0. The summed E-state index contributed by atoms with van der Waals surface area (Å²) < 4.78 is 5.09. The van der Waals surface area contributed by atoms with Crippen LogP contribution in [0, 0.1) is 0 Å². The lowest BCUT2D eigenvalue weighted by Gasteiger charge is -2.01. The minimum Gasteiger partial charge on any atom is -0.473 e. The number of halogens is 1. The van der Waals surface area contributed by atoms with Crippen molar-refractivity contribution in [2.45, 2.75) is 31.1 Å². The molecule has 0 N–H and O–H groups in total. The minimum absolute atomic E-state index is 0.176. The van der Waals surface area contributed by atoms with Crippen LogP contribution in [0.25, 0.3) is 5.57 Å². The van der Waals surface area contributed by atoms with Gasteiger partial charge in [0.05, 0.1) is 17.4 Å². The van der Waals surface area contributed by atoms with Crippen molar-refractivity contribution in [2.75, 3.05) is 7.11 Å². The van der Waals surface area contributed by atoms with Crippen LogP contribution >= 0.6 is 22.9 Å². The van der Waals surface area contributed by atoms with Crippen molar-refractivity contribution >= 4 is 28.5 Å². The summed E-state index contributed by atoms with van der Waals surface area (Å²) in [4.78, 5) is 5.37. The predicted octanol–water partition coefficient (Wildman–Crippen LogP) is 3.72. The molecule has 2 nitrogen and oxygen atoms in total. The first-order chi connectivity index (χ1) is 7.29. The number of aromatic nitrogens is 1. The van der Waals surface area contributed by atoms with Crippen LogP contribution in [0.2, 0.25) is 0 Å². The zero-order valence-corrected chi connectivity index (χ0v) is 10.3. The van der Waals surface area contributed by atoms with Crippen molar-refractivity contribution in [3.63, 3.8) is 0 Å². The molecule has 1 aromatic rings. The van der Waals surface area contributed by atoms with Gasteiger partial charge in [-0.3, -0.25) is 0 Å². The van der Waals surface area contributed by atoms with Gasteiger partial charge in [0.15, 0.2) is 0 Å². The molecule has 0 spiro atoms. The van der Waals surface area contributed by atoms with Crippen molar-refractivity contribution in [3.8, 4) is 5.19 Å². The molecule has 1 aliphatic carbocycles. The molecule has 15 heavy (non-hydrogen) atoms. The second kappa shape index (κ2) is 4.99. The van der Waals surface area contributed by atoms with Crippen LogP contribution in [-0.4, -0.2) is 17.5 Å². The minimum atomic E-state index is 0.176. The maximum Gasteiger partial charge on any atom is 0.273 e. The average molecular weight is 244 g/mol. The number of hydrogen-bond acceptors (Lipinski definition) is 3. The van der Waals surface area contributed by atoms with Crippen LogP contribution in [-0.2, 0) is 0 Å². The summed E-state index contributed by atoms with van der Waals surface area (Å²) in [6, 6.07) is 0. The van der Waals surface area contributed by atoms with E-state index in [-0.39, 0.29) is 5.38 Å². The molecule has 1 aromatic heterocycles. The predicted molar refractivity (Wildman–Crippen MR) is 64.8 cm³/mol. The fraction of sp³-hybridized carbons (Fsp3) is 0.545. The lowest BCUT2D eigenvalue weighted by Crippen LogP contribution is -1.90.